The number of methoxy groups -OCH3 is 1. The topological polar surface area (TPSA) is 87.7 Å². The highest BCUT2D eigenvalue weighted by Gasteiger charge is 2.47. The summed E-state index contributed by atoms with van der Waals surface area (Å²) in [6, 6.07) is 12.7. The summed E-state index contributed by atoms with van der Waals surface area (Å²) in [5.74, 6) is -0.0377. The van der Waals surface area contributed by atoms with Crippen molar-refractivity contribution in [1.29, 1.82) is 0 Å². The van der Waals surface area contributed by atoms with Crippen molar-refractivity contribution < 1.29 is 19.1 Å². The second-order valence-corrected chi connectivity index (χ2v) is 7.82. The van der Waals surface area contributed by atoms with Crippen LogP contribution in [0.2, 0.25) is 0 Å². The van der Waals surface area contributed by atoms with Gasteiger partial charge < -0.3 is 15.4 Å². The van der Waals surface area contributed by atoms with E-state index in [2.05, 4.69) is 10.6 Å². The Bertz CT molecular complexity index is 951. The zero-order chi connectivity index (χ0) is 21.9. The van der Waals surface area contributed by atoms with Crippen LogP contribution in [0.3, 0.4) is 0 Å². The molecular weight excluding hydrogens is 382 g/mol. The van der Waals surface area contributed by atoms with Gasteiger partial charge in [0.25, 0.3) is 5.91 Å². The predicted molar refractivity (Wildman–Crippen MR) is 115 cm³/mol. The van der Waals surface area contributed by atoms with E-state index >= 15 is 0 Å². The van der Waals surface area contributed by atoms with Crippen LogP contribution in [-0.2, 0) is 16.0 Å². The smallest absolute Gasteiger partial charge is 0.325 e. The van der Waals surface area contributed by atoms with Crippen molar-refractivity contribution in [1.82, 2.24) is 10.2 Å². The molecule has 30 heavy (non-hydrogen) atoms. The molecule has 7 heteroatoms. The van der Waals surface area contributed by atoms with Crippen LogP contribution in [0, 0.1) is 13.8 Å². The Morgan fingerprint density at radius 2 is 1.73 bits per heavy atom. The van der Waals surface area contributed by atoms with Crippen molar-refractivity contribution in [3.8, 4) is 5.75 Å². The van der Waals surface area contributed by atoms with Crippen molar-refractivity contribution >= 4 is 23.5 Å². The van der Waals surface area contributed by atoms with Crippen molar-refractivity contribution in [3.05, 3.63) is 59.2 Å². The number of ether oxygens (including phenoxy) is 1. The average molecular weight is 409 g/mol. The molecule has 3 rings (SSSR count). The molecule has 2 N–H and O–H groups in total. The number of nitrogens with zero attached hydrogens (tertiary/aromatic N) is 1. The molecule has 1 fully saturated rings. The van der Waals surface area contributed by atoms with E-state index in [1.165, 1.54) is 0 Å². The monoisotopic (exact) mass is 409 g/mol. The Morgan fingerprint density at radius 1 is 1.10 bits per heavy atom. The quantitative estimate of drug-likeness (QED) is 0.688. The van der Waals surface area contributed by atoms with Gasteiger partial charge in [0.15, 0.2) is 0 Å². The fraction of sp³-hybridized carbons (Fsp3) is 0.348. The lowest BCUT2D eigenvalue weighted by Gasteiger charge is -2.21. The SMILES string of the molecule is COc1ccc(CCC2(C)NC(=O)N(CC(=O)Nc3c(C)cccc3C)C2=O)cc1. The third kappa shape index (κ3) is 4.45. The van der Waals surface area contributed by atoms with Crippen LogP contribution < -0.4 is 15.4 Å². The van der Waals surface area contributed by atoms with Gasteiger partial charge in [0.2, 0.25) is 5.91 Å². The molecule has 2 aromatic carbocycles. The number of carbonyl (C=O) groups is 3. The fourth-order valence-corrected chi connectivity index (χ4v) is 3.58. The molecule has 0 aliphatic carbocycles. The lowest BCUT2D eigenvalue weighted by Crippen LogP contribution is -2.45. The lowest BCUT2D eigenvalue weighted by atomic mass is 9.93. The lowest BCUT2D eigenvalue weighted by molar-refractivity contribution is -0.133. The second-order valence-electron chi connectivity index (χ2n) is 7.82. The van der Waals surface area contributed by atoms with Gasteiger partial charge in [0.1, 0.15) is 17.8 Å². The van der Waals surface area contributed by atoms with Crippen molar-refractivity contribution in [2.45, 2.75) is 39.2 Å². The first-order valence-electron chi connectivity index (χ1n) is 9.86. The summed E-state index contributed by atoms with van der Waals surface area (Å²) < 4.78 is 5.15. The summed E-state index contributed by atoms with van der Waals surface area (Å²) >= 11 is 0. The summed E-state index contributed by atoms with van der Waals surface area (Å²) in [6.45, 7) is 5.16. The number of imide groups is 1. The van der Waals surface area contributed by atoms with Gasteiger partial charge >= 0.3 is 6.03 Å². The van der Waals surface area contributed by atoms with E-state index in [-0.39, 0.29) is 6.54 Å². The molecule has 158 valence electrons. The molecule has 2 aromatic rings. The highest BCUT2D eigenvalue weighted by molar-refractivity contribution is 6.10. The maximum atomic E-state index is 12.9. The fourth-order valence-electron chi connectivity index (χ4n) is 3.58. The minimum atomic E-state index is -1.05. The van der Waals surface area contributed by atoms with E-state index in [1.807, 2.05) is 56.3 Å². The number of carbonyl (C=O) groups excluding carboxylic acids is 3. The Kier molecular flexibility index (Phi) is 6.10. The van der Waals surface area contributed by atoms with Gasteiger partial charge in [-0.25, -0.2) is 4.79 Å². The van der Waals surface area contributed by atoms with Crippen LogP contribution in [0.1, 0.15) is 30.0 Å². The molecule has 1 unspecified atom stereocenters. The number of urea groups is 1. The summed E-state index contributed by atoms with van der Waals surface area (Å²) in [7, 11) is 1.61. The third-order valence-corrected chi connectivity index (χ3v) is 5.47. The number of nitrogens with one attached hydrogen (secondary N) is 2. The van der Waals surface area contributed by atoms with Crippen molar-refractivity contribution in [3.63, 3.8) is 0 Å². The molecular formula is C23H27N3O4. The van der Waals surface area contributed by atoms with Crippen LogP contribution in [0.5, 0.6) is 5.75 Å². The molecule has 0 spiro atoms. The number of benzene rings is 2. The minimum absolute atomic E-state index is 0.323. The molecule has 1 aliphatic rings. The summed E-state index contributed by atoms with van der Waals surface area (Å²) in [5.41, 5.74) is 2.53. The van der Waals surface area contributed by atoms with Crippen molar-refractivity contribution in [2.24, 2.45) is 0 Å². The predicted octanol–water partition coefficient (Wildman–Crippen LogP) is 3.19. The highest BCUT2D eigenvalue weighted by atomic mass is 16.5. The molecule has 4 amide bonds. The minimum Gasteiger partial charge on any atom is -0.497 e. The summed E-state index contributed by atoms with van der Waals surface area (Å²) in [6.07, 6.45) is 1.04. The number of anilines is 1. The Labute approximate surface area is 176 Å². The van der Waals surface area contributed by atoms with E-state index in [0.29, 0.717) is 18.5 Å². The molecule has 1 atom stereocenters. The van der Waals surface area contributed by atoms with Gasteiger partial charge in [-0.1, -0.05) is 30.3 Å². The van der Waals surface area contributed by atoms with E-state index in [9.17, 15) is 14.4 Å². The number of rotatable bonds is 7. The Morgan fingerprint density at radius 3 is 2.33 bits per heavy atom. The van der Waals surface area contributed by atoms with Crippen LogP contribution in [-0.4, -0.2) is 41.9 Å². The van der Waals surface area contributed by atoms with E-state index in [0.717, 1.165) is 27.3 Å². The van der Waals surface area contributed by atoms with E-state index in [1.54, 1.807) is 14.0 Å². The molecule has 0 radical (unpaired) electrons. The van der Waals surface area contributed by atoms with E-state index < -0.39 is 23.4 Å². The highest BCUT2D eigenvalue weighted by Crippen LogP contribution is 2.25. The van der Waals surface area contributed by atoms with Crippen LogP contribution in [0.4, 0.5) is 10.5 Å². The number of amides is 4. The molecule has 0 aromatic heterocycles. The maximum absolute atomic E-state index is 12.9. The molecule has 0 bridgehead atoms. The zero-order valence-electron chi connectivity index (χ0n) is 17.7. The Hall–Kier alpha value is -3.35. The largest absolute Gasteiger partial charge is 0.497 e. The molecule has 1 heterocycles. The molecule has 7 nitrogen and oxygen atoms in total. The van der Waals surface area contributed by atoms with Gasteiger partial charge in [-0.05, 0) is 62.4 Å². The second kappa shape index (κ2) is 8.57. The van der Waals surface area contributed by atoms with Crippen LogP contribution >= 0.6 is 0 Å². The first-order chi connectivity index (χ1) is 14.2. The van der Waals surface area contributed by atoms with Crippen molar-refractivity contribution in [2.75, 3.05) is 19.0 Å². The molecule has 1 saturated heterocycles. The van der Waals surface area contributed by atoms with Crippen LogP contribution in [0.15, 0.2) is 42.5 Å². The Balaban J connectivity index is 1.63. The van der Waals surface area contributed by atoms with Gasteiger partial charge in [0.05, 0.1) is 7.11 Å². The molecule has 0 saturated carbocycles. The van der Waals surface area contributed by atoms with E-state index in [4.69, 9.17) is 4.74 Å². The average Bonchev–Trinajstić information content (AvgIpc) is 2.93. The normalized spacial score (nSPS) is 18.3. The standard InChI is InChI=1S/C23H27N3O4/c1-15-6-5-7-16(2)20(15)24-19(27)14-26-21(28)23(3,25-22(26)29)13-12-17-8-10-18(30-4)11-9-17/h5-11H,12-14H2,1-4H3,(H,24,27)(H,25,29). The first-order valence-corrected chi connectivity index (χ1v) is 9.86. The number of para-hydroxylation sites is 1. The number of hydrogen-bond acceptors (Lipinski definition) is 4. The summed E-state index contributed by atoms with van der Waals surface area (Å²) in [4.78, 5) is 38.8. The first kappa shape index (κ1) is 21.4. The van der Waals surface area contributed by atoms with Crippen LogP contribution in [0.25, 0.3) is 0 Å². The van der Waals surface area contributed by atoms with Gasteiger partial charge in [-0.15, -0.1) is 0 Å². The third-order valence-electron chi connectivity index (χ3n) is 5.47. The molecule has 1 aliphatic heterocycles. The zero-order valence-corrected chi connectivity index (χ0v) is 17.7. The summed E-state index contributed by atoms with van der Waals surface area (Å²) in [5, 5.41) is 5.57. The van der Waals surface area contributed by atoms with Gasteiger partial charge in [-0.2, -0.15) is 0 Å². The number of hydrogen-bond donors (Lipinski definition) is 2. The van der Waals surface area contributed by atoms with Gasteiger partial charge in [0, 0.05) is 5.69 Å². The van der Waals surface area contributed by atoms with Gasteiger partial charge in [-0.3, -0.25) is 14.5 Å². The number of aryl methyl sites for hydroxylation is 3. The maximum Gasteiger partial charge on any atom is 0.325 e.